The maximum absolute atomic E-state index is 12.5. The Hall–Kier alpha value is -3.42. The van der Waals surface area contributed by atoms with E-state index >= 15 is 0 Å². The van der Waals surface area contributed by atoms with Crippen LogP contribution in [0.3, 0.4) is 0 Å². The lowest BCUT2D eigenvalue weighted by molar-refractivity contribution is 0.122. The number of hydrogen-bond donors (Lipinski definition) is 1. The Morgan fingerprint density at radius 1 is 1.10 bits per heavy atom. The molecule has 0 radical (unpaired) electrons. The molecule has 3 aromatic rings. The number of aryl methyl sites for hydroxylation is 2. The van der Waals surface area contributed by atoms with E-state index in [1.807, 2.05) is 6.92 Å². The maximum Gasteiger partial charge on any atom is 0.265 e. The van der Waals surface area contributed by atoms with Crippen molar-refractivity contribution in [3.05, 3.63) is 59.7 Å². The minimum Gasteiger partial charge on any atom is -0.471 e. The summed E-state index contributed by atoms with van der Waals surface area (Å²) < 4.78 is 37.8. The van der Waals surface area contributed by atoms with Crippen LogP contribution in [0.25, 0.3) is 0 Å². The summed E-state index contributed by atoms with van der Waals surface area (Å²) in [5.74, 6) is 6.98. The van der Waals surface area contributed by atoms with E-state index in [-0.39, 0.29) is 4.90 Å². The van der Waals surface area contributed by atoms with Gasteiger partial charge in [-0.25, -0.2) is 18.4 Å². The van der Waals surface area contributed by atoms with Crippen molar-refractivity contribution < 1.29 is 17.6 Å². The Labute approximate surface area is 180 Å². The number of furan rings is 1. The molecule has 3 aromatic heterocycles. The maximum atomic E-state index is 12.5. The van der Waals surface area contributed by atoms with E-state index < -0.39 is 10.0 Å². The molecule has 0 aromatic carbocycles. The standard InChI is InChI=1S/C21H21N5O4S/c1-15-19(21(24-14-23-15)26-6-9-29-10-7-26)4-3-17-11-20(16(2)22-12-17)25-31(27,28)18-5-8-30-13-18/h5,8,11-14,25H,6-7,9-10H2,1-2H3. The number of aromatic nitrogens is 3. The molecule has 31 heavy (non-hydrogen) atoms. The number of nitrogens with zero attached hydrogens (tertiary/aromatic N) is 4. The molecule has 9 nitrogen and oxygen atoms in total. The van der Waals surface area contributed by atoms with E-state index in [0.29, 0.717) is 30.2 Å². The highest BCUT2D eigenvalue weighted by Crippen LogP contribution is 2.21. The molecule has 0 unspecified atom stereocenters. The van der Waals surface area contributed by atoms with Crippen LogP contribution in [-0.2, 0) is 14.8 Å². The van der Waals surface area contributed by atoms with E-state index in [4.69, 9.17) is 9.15 Å². The number of anilines is 2. The molecular formula is C21H21N5O4S. The molecule has 1 fully saturated rings. The molecule has 1 aliphatic rings. The third-order valence-corrected chi connectivity index (χ3v) is 6.14. The van der Waals surface area contributed by atoms with E-state index in [1.165, 1.54) is 24.9 Å². The summed E-state index contributed by atoms with van der Waals surface area (Å²) in [6.07, 6.45) is 5.60. The second-order valence-electron chi connectivity index (χ2n) is 6.93. The van der Waals surface area contributed by atoms with Crippen molar-refractivity contribution in [2.24, 2.45) is 0 Å². The first kappa shape index (κ1) is 20.8. The van der Waals surface area contributed by atoms with Gasteiger partial charge in [0.05, 0.1) is 42.1 Å². The predicted octanol–water partition coefficient (Wildman–Crippen LogP) is 2.12. The average molecular weight is 439 g/mol. The van der Waals surface area contributed by atoms with Crippen LogP contribution in [-0.4, -0.2) is 49.7 Å². The molecule has 0 atom stereocenters. The molecule has 10 heteroatoms. The van der Waals surface area contributed by atoms with Gasteiger partial charge in [-0.15, -0.1) is 0 Å². The topological polar surface area (TPSA) is 110 Å². The molecule has 1 aliphatic heterocycles. The molecule has 160 valence electrons. The number of pyridine rings is 1. The molecule has 4 rings (SSSR count). The first-order chi connectivity index (χ1) is 14.9. The van der Waals surface area contributed by atoms with Crippen LogP contribution < -0.4 is 9.62 Å². The number of hydrogen-bond acceptors (Lipinski definition) is 8. The molecule has 4 heterocycles. The van der Waals surface area contributed by atoms with Gasteiger partial charge < -0.3 is 14.1 Å². The SMILES string of the molecule is Cc1ncc(C#Cc2c(C)ncnc2N2CCOCC2)cc1NS(=O)(=O)c1ccoc1. The van der Waals surface area contributed by atoms with Crippen molar-refractivity contribution in [2.75, 3.05) is 35.9 Å². The summed E-state index contributed by atoms with van der Waals surface area (Å²) in [4.78, 5) is 15.1. The number of morpholine rings is 1. The van der Waals surface area contributed by atoms with Crippen LogP contribution >= 0.6 is 0 Å². The highest BCUT2D eigenvalue weighted by molar-refractivity contribution is 7.92. The molecule has 0 amide bonds. The Morgan fingerprint density at radius 2 is 1.90 bits per heavy atom. The van der Waals surface area contributed by atoms with Gasteiger partial charge in [-0.3, -0.25) is 9.71 Å². The predicted molar refractivity (Wildman–Crippen MR) is 114 cm³/mol. The fraction of sp³-hybridized carbons (Fsp3) is 0.286. The van der Waals surface area contributed by atoms with Gasteiger partial charge in [-0.2, -0.15) is 0 Å². The van der Waals surface area contributed by atoms with Gasteiger partial charge in [0.15, 0.2) is 0 Å². The third kappa shape index (κ3) is 4.68. The van der Waals surface area contributed by atoms with Gasteiger partial charge in [0.25, 0.3) is 10.0 Å². The van der Waals surface area contributed by atoms with Crippen molar-refractivity contribution >= 4 is 21.5 Å². The number of sulfonamides is 1. The Balaban J connectivity index is 1.64. The van der Waals surface area contributed by atoms with Crippen molar-refractivity contribution in [3.63, 3.8) is 0 Å². The third-order valence-electron chi connectivity index (χ3n) is 4.80. The lowest BCUT2D eigenvalue weighted by Gasteiger charge is -2.28. The van der Waals surface area contributed by atoms with Crippen molar-refractivity contribution in [2.45, 2.75) is 18.7 Å². The Morgan fingerprint density at radius 3 is 2.65 bits per heavy atom. The van der Waals surface area contributed by atoms with Gasteiger partial charge in [0, 0.05) is 24.8 Å². The van der Waals surface area contributed by atoms with Gasteiger partial charge in [-0.1, -0.05) is 11.8 Å². The molecule has 1 saturated heterocycles. The molecule has 0 bridgehead atoms. The minimum atomic E-state index is -3.77. The van der Waals surface area contributed by atoms with Crippen LogP contribution in [0.15, 0.2) is 46.5 Å². The highest BCUT2D eigenvalue weighted by atomic mass is 32.2. The summed E-state index contributed by atoms with van der Waals surface area (Å²) >= 11 is 0. The van der Waals surface area contributed by atoms with E-state index in [0.717, 1.165) is 30.2 Å². The first-order valence-electron chi connectivity index (χ1n) is 9.62. The smallest absolute Gasteiger partial charge is 0.265 e. The molecule has 0 saturated carbocycles. The lowest BCUT2D eigenvalue weighted by Crippen LogP contribution is -2.37. The summed E-state index contributed by atoms with van der Waals surface area (Å²) in [5, 5.41) is 0. The second-order valence-corrected chi connectivity index (χ2v) is 8.61. The van der Waals surface area contributed by atoms with Crippen LogP contribution in [0.1, 0.15) is 22.5 Å². The molecule has 0 spiro atoms. The van der Waals surface area contributed by atoms with Crippen LogP contribution in [0.2, 0.25) is 0 Å². The summed E-state index contributed by atoms with van der Waals surface area (Å²) in [6.45, 7) is 6.34. The fourth-order valence-corrected chi connectivity index (χ4v) is 4.10. The average Bonchev–Trinajstić information content (AvgIpc) is 3.31. The van der Waals surface area contributed by atoms with E-state index in [2.05, 4.69) is 36.4 Å². The van der Waals surface area contributed by atoms with Crippen LogP contribution in [0, 0.1) is 25.7 Å². The van der Waals surface area contributed by atoms with Gasteiger partial charge in [0.1, 0.15) is 23.3 Å². The van der Waals surface area contributed by atoms with Crippen molar-refractivity contribution in [1.29, 1.82) is 0 Å². The van der Waals surface area contributed by atoms with E-state index in [9.17, 15) is 8.42 Å². The lowest BCUT2D eigenvalue weighted by atomic mass is 10.1. The molecule has 0 aliphatic carbocycles. The van der Waals surface area contributed by atoms with Gasteiger partial charge in [0.2, 0.25) is 0 Å². The van der Waals surface area contributed by atoms with E-state index in [1.54, 1.807) is 19.2 Å². The number of rotatable bonds is 4. The second kappa shape index (κ2) is 8.75. The summed E-state index contributed by atoms with van der Waals surface area (Å²) in [5.41, 5.74) is 2.94. The largest absolute Gasteiger partial charge is 0.471 e. The zero-order valence-corrected chi connectivity index (χ0v) is 17.9. The molecular weight excluding hydrogens is 418 g/mol. The minimum absolute atomic E-state index is 0.0376. The van der Waals surface area contributed by atoms with Crippen molar-refractivity contribution in [1.82, 2.24) is 15.0 Å². The van der Waals surface area contributed by atoms with Crippen LogP contribution in [0.5, 0.6) is 0 Å². The normalized spacial score (nSPS) is 14.1. The first-order valence-corrected chi connectivity index (χ1v) is 11.1. The zero-order valence-electron chi connectivity index (χ0n) is 17.1. The van der Waals surface area contributed by atoms with Gasteiger partial charge >= 0.3 is 0 Å². The Kier molecular flexibility index (Phi) is 5.88. The fourth-order valence-electron chi connectivity index (χ4n) is 3.07. The summed E-state index contributed by atoms with van der Waals surface area (Å²) in [7, 11) is -3.77. The number of nitrogens with one attached hydrogen (secondary N) is 1. The van der Waals surface area contributed by atoms with Gasteiger partial charge in [-0.05, 0) is 26.0 Å². The monoisotopic (exact) mass is 439 g/mol. The summed E-state index contributed by atoms with van der Waals surface area (Å²) in [6, 6.07) is 3.03. The zero-order chi connectivity index (χ0) is 21.8. The quantitative estimate of drug-likeness (QED) is 0.616. The molecule has 1 N–H and O–H groups in total. The van der Waals surface area contributed by atoms with Crippen LogP contribution in [0.4, 0.5) is 11.5 Å². The van der Waals surface area contributed by atoms with Crippen molar-refractivity contribution in [3.8, 4) is 11.8 Å². The highest BCUT2D eigenvalue weighted by Gasteiger charge is 2.18. The Bertz CT molecular complexity index is 1240. The number of ether oxygens (including phenoxy) is 1.